The maximum Gasteiger partial charge on any atom is 0.120 e. The number of hydrogen-bond donors (Lipinski definition) is 0. The molecule has 0 aliphatic heterocycles. The van der Waals surface area contributed by atoms with E-state index in [1.165, 1.54) is 18.4 Å². The zero-order valence-corrected chi connectivity index (χ0v) is 10.6. The van der Waals surface area contributed by atoms with Gasteiger partial charge in [-0.15, -0.1) is 0 Å². The summed E-state index contributed by atoms with van der Waals surface area (Å²) in [7, 11) is 0. The number of hydrogen-bond acceptors (Lipinski definition) is 2. The van der Waals surface area contributed by atoms with Gasteiger partial charge in [0.25, 0.3) is 0 Å². The molecule has 0 fully saturated rings. The van der Waals surface area contributed by atoms with Crippen LogP contribution in [0, 0.1) is 5.92 Å². The second-order valence-corrected chi connectivity index (χ2v) is 4.96. The molecular weight excluding hydrogens is 200 g/mol. The van der Waals surface area contributed by atoms with Crippen LogP contribution in [0.4, 0.5) is 0 Å². The fourth-order valence-electron chi connectivity index (χ4n) is 2.04. The highest BCUT2D eigenvalue weighted by Crippen LogP contribution is 2.27. The van der Waals surface area contributed by atoms with E-state index in [1.54, 1.807) is 0 Å². The van der Waals surface area contributed by atoms with Crippen molar-refractivity contribution in [3.63, 3.8) is 0 Å². The molecule has 0 saturated carbocycles. The van der Waals surface area contributed by atoms with Gasteiger partial charge in [-0.05, 0) is 43.6 Å². The maximum atomic E-state index is 10.2. The average Bonchev–Trinajstić information content (AvgIpc) is 2.69. The van der Waals surface area contributed by atoms with Gasteiger partial charge in [-0.3, -0.25) is 0 Å². The molecule has 92 valence electrons. The number of carbonyl (C=O) groups is 1. The number of carbonyl (C=O) groups excluding carboxylic acids is 1. The summed E-state index contributed by atoms with van der Waals surface area (Å²) in [6, 6.07) is 0. The highest BCUT2D eigenvalue weighted by atomic mass is 16.5. The minimum atomic E-state index is 0.338. The third-order valence-electron chi connectivity index (χ3n) is 3.04. The summed E-state index contributed by atoms with van der Waals surface area (Å²) < 4.78 is 5.82. The monoisotopic (exact) mass is 224 g/mol. The number of rotatable bonds is 8. The third-order valence-corrected chi connectivity index (χ3v) is 3.04. The Bertz CT molecular complexity index is 231. The predicted molar refractivity (Wildman–Crippen MR) is 66.4 cm³/mol. The molecule has 0 aromatic heterocycles. The van der Waals surface area contributed by atoms with Gasteiger partial charge in [0.2, 0.25) is 0 Å². The minimum absolute atomic E-state index is 0.338. The zero-order chi connectivity index (χ0) is 11.8. The topological polar surface area (TPSA) is 26.3 Å². The molecule has 1 rings (SSSR count). The van der Waals surface area contributed by atoms with Gasteiger partial charge in [0.1, 0.15) is 6.29 Å². The van der Waals surface area contributed by atoms with Crippen molar-refractivity contribution in [2.45, 2.75) is 58.5 Å². The Hall–Kier alpha value is -0.630. The van der Waals surface area contributed by atoms with E-state index in [9.17, 15) is 4.79 Å². The van der Waals surface area contributed by atoms with Crippen LogP contribution in [-0.2, 0) is 9.53 Å². The molecule has 0 bridgehead atoms. The first kappa shape index (κ1) is 13.4. The maximum absolute atomic E-state index is 10.2. The quantitative estimate of drug-likeness (QED) is 0.358. The van der Waals surface area contributed by atoms with Gasteiger partial charge in [-0.2, -0.15) is 0 Å². The molecule has 0 heterocycles. The smallest absolute Gasteiger partial charge is 0.120 e. The number of unbranched alkanes of at least 4 members (excludes halogenated alkanes) is 1. The number of allylic oxidation sites excluding steroid dienone is 1. The molecule has 0 spiro atoms. The largest absolute Gasteiger partial charge is 0.374 e. The summed E-state index contributed by atoms with van der Waals surface area (Å²) in [5.74, 6) is 0.761. The van der Waals surface area contributed by atoms with Crippen LogP contribution in [0.5, 0.6) is 0 Å². The van der Waals surface area contributed by atoms with Crippen LogP contribution in [0.15, 0.2) is 11.6 Å². The summed E-state index contributed by atoms with van der Waals surface area (Å²) in [6.07, 6.45) is 9.84. The molecule has 16 heavy (non-hydrogen) atoms. The van der Waals surface area contributed by atoms with Gasteiger partial charge in [0, 0.05) is 13.0 Å². The molecule has 0 amide bonds. The lowest BCUT2D eigenvalue weighted by molar-refractivity contribution is -0.108. The van der Waals surface area contributed by atoms with Crippen molar-refractivity contribution < 1.29 is 9.53 Å². The summed E-state index contributed by atoms with van der Waals surface area (Å²) in [5.41, 5.74) is 1.49. The predicted octanol–water partition coefficient (Wildman–Crippen LogP) is 3.51. The van der Waals surface area contributed by atoms with Crippen LogP contribution < -0.4 is 0 Å². The van der Waals surface area contributed by atoms with Crippen LogP contribution in [0.25, 0.3) is 0 Å². The van der Waals surface area contributed by atoms with Gasteiger partial charge >= 0.3 is 0 Å². The van der Waals surface area contributed by atoms with E-state index >= 15 is 0 Å². The second kappa shape index (κ2) is 7.61. The third kappa shape index (κ3) is 4.93. The molecule has 1 aliphatic carbocycles. The van der Waals surface area contributed by atoms with Crippen LogP contribution in [0.1, 0.15) is 52.4 Å². The first-order valence-electron chi connectivity index (χ1n) is 6.48. The molecule has 1 aliphatic rings. The van der Waals surface area contributed by atoms with E-state index in [0.29, 0.717) is 12.5 Å². The highest BCUT2D eigenvalue weighted by molar-refractivity contribution is 5.48. The van der Waals surface area contributed by atoms with E-state index in [2.05, 4.69) is 19.9 Å². The zero-order valence-electron chi connectivity index (χ0n) is 10.6. The lowest BCUT2D eigenvalue weighted by Crippen LogP contribution is -2.13. The van der Waals surface area contributed by atoms with E-state index in [-0.39, 0.29) is 0 Å². The molecule has 0 aromatic carbocycles. The van der Waals surface area contributed by atoms with E-state index in [4.69, 9.17) is 4.74 Å². The SMILES string of the molecule is CC(C)CCC1=CCCC1OCCCC=O. The molecule has 1 atom stereocenters. The summed E-state index contributed by atoms with van der Waals surface area (Å²) in [5, 5.41) is 0. The minimum Gasteiger partial charge on any atom is -0.374 e. The van der Waals surface area contributed by atoms with E-state index in [0.717, 1.165) is 38.1 Å². The normalized spacial score (nSPS) is 20.2. The average molecular weight is 224 g/mol. The van der Waals surface area contributed by atoms with Crippen molar-refractivity contribution in [3.05, 3.63) is 11.6 Å². The molecule has 1 unspecified atom stereocenters. The second-order valence-electron chi connectivity index (χ2n) is 4.96. The fraction of sp³-hybridized carbons (Fsp3) is 0.786. The van der Waals surface area contributed by atoms with Crippen molar-refractivity contribution in [1.29, 1.82) is 0 Å². The molecule has 2 heteroatoms. The van der Waals surface area contributed by atoms with Gasteiger partial charge < -0.3 is 9.53 Å². The van der Waals surface area contributed by atoms with Crippen molar-refractivity contribution in [1.82, 2.24) is 0 Å². The van der Waals surface area contributed by atoms with Crippen molar-refractivity contribution in [2.75, 3.05) is 6.61 Å². The summed E-state index contributed by atoms with van der Waals surface area (Å²) in [4.78, 5) is 10.2. The Morgan fingerprint density at radius 1 is 1.56 bits per heavy atom. The van der Waals surface area contributed by atoms with E-state index in [1.807, 2.05) is 0 Å². The first-order chi connectivity index (χ1) is 7.74. The fourth-order valence-corrected chi connectivity index (χ4v) is 2.04. The van der Waals surface area contributed by atoms with Crippen LogP contribution in [-0.4, -0.2) is 19.0 Å². The first-order valence-corrected chi connectivity index (χ1v) is 6.48. The van der Waals surface area contributed by atoms with Crippen LogP contribution in [0.3, 0.4) is 0 Å². The van der Waals surface area contributed by atoms with Gasteiger partial charge in [-0.1, -0.05) is 19.9 Å². The van der Waals surface area contributed by atoms with E-state index < -0.39 is 0 Å². The van der Waals surface area contributed by atoms with Crippen molar-refractivity contribution in [3.8, 4) is 0 Å². The molecular formula is C14H24O2. The van der Waals surface area contributed by atoms with Crippen molar-refractivity contribution in [2.24, 2.45) is 5.92 Å². The summed E-state index contributed by atoms with van der Waals surface area (Å²) >= 11 is 0. The highest BCUT2D eigenvalue weighted by Gasteiger charge is 2.19. The standard InChI is InChI=1S/C14H24O2/c1-12(2)8-9-13-6-5-7-14(13)16-11-4-3-10-15/h6,10,12,14H,3-5,7-9,11H2,1-2H3. The number of aldehydes is 1. The Kier molecular flexibility index (Phi) is 6.39. The molecule has 2 nitrogen and oxygen atoms in total. The Balaban J connectivity index is 2.20. The van der Waals surface area contributed by atoms with Crippen molar-refractivity contribution >= 4 is 6.29 Å². The Morgan fingerprint density at radius 3 is 3.06 bits per heavy atom. The Labute approximate surface area is 99.1 Å². The van der Waals surface area contributed by atoms with Gasteiger partial charge in [0.05, 0.1) is 6.10 Å². The van der Waals surface area contributed by atoms with Gasteiger partial charge in [0.15, 0.2) is 0 Å². The van der Waals surface area contributed by atoms with Crippen LogP contribution in [0.2, 0.25) is 0 Å². The van der Waals surface area contributed by atoms with Gasteiger partial charge in [-0.25, -0.2) is 0 Å². The lowest BCUT2D eigenvalue weighted by atomic mass is 10.0. The number of ether oxygens (including phenoxy) is 1. The Morgan fingerprint density at radius 2 is 2.38 bits per heavy atom. The molecule has 0 N–H and O–H groups in total. The molecule has 0 radical (unpaired) electrons. The lowest BCUT2D eigenvalue weighted by Gasteiger charge is -2.16. The molecule has 0 saturated heterocycles. The molecule has 0 aromatic rings. The van der Waals surface area contributed by atoms with Crippen LogP contribution >= 0.6 is 0 Å². The summed E-state index contributed by atoms with van der Waals surface area (Å²) in [6.45, 7) is 5.24.